The maximum Gasteiger partial charge on any atom is 0.0702 e. The Bertz CT molecular complexity index is 166. The molecule has 0 aliphatic carbocycles. The highest BCUT2D eigenvalue weighted by atomic mass is 13.8. The van der Waals surface area contributed by atoms with Gasteiger partial charge in [-0.25, -0.2) is 0 Å². The van der Waals surface area contributed by atoms with E-state index >= 15 is 0 Å². The first-order chi connectivity index (χ1) is 4.27. The second kappa shape index (κ2) is 5.26. The van der Waals surface area contributed by atoms with Crippen LogP contribution in [-0.4, -0.2) is 0 Å². The van der Waals surface area contributed by atoms with E-state index in [1.54, 1.807) is 0 Å². The van der Waals surface area contributed by atoms with E-state index in [2.05, 4.69) is 23.7 Å². The summed E-state index contributed by atoms with van der Waals surface area (Å²) in [5, 5.41) is 0. The summed E-state index contributed by atoms with van der Waals surface area (Å²) in [7, 11) is 0. The molecule has 0 aromatic heterocycles. The SMILES string of the molecule is CC#CCC#C[C](C)C. The van der Waals surface area contributed by atoms with Crippen LogP contribution in [0.2, 0.25) is 0 Å². The molecule has 0 aliphatic heterocycles. The molecule has 0 unspecified atom stereocenters. The largest absolute Gasteiger partial charge is 0.106 e. The fourth-order valence-corrected chi connectivity index (χ4v) is 0.354. The first-order valence-corrected chi connectivity index (χ1v) is 2.96. The summed E-state index contributed by atoms with van der Waals surface area (Å²) in [5.74, 6) is 12.7. The molecule has 0 aromatic rings. The molecule has 0 fully saturated rings. The quantitative estimate of drug-likeness (QED) is 0.428. The van der Waals surface area contributed by atoms with Crippen LogP contribution >= 0.6 is 0 Å². The van der Waals surface area contributed by atoms with Gasteiger partial charge < -0.3 is 0 Å². The Morgan fingerprint density at radius 2 is 1.89 bits per heavy atom. The second-order valence-corrected chi connectivity index (χ2v) is 1.91. The van der Waals surface area contributed by atoms with E-state index in [-0.39, 0.29) is 0 Å². The molecule has 1 radical (unpaired) electrons. The second-order valence-electron chi connectivity index (χ2n) is 1.91. The number of hydrogen-bond acceptors (Lipinski definition) is 0. The van der Waals surface area contributed by atoms with Crippen molar-refractivity contribution in [3.05, 3.63) is 5.92 Å². The van der Waals surface area contributed by atoms with E-state index in [0.717, 1.165) is 5.92 Å². The van der Waals surface area contributed by atoms with Crippen LogP contribution in [0, 0.1) is 29.6 Å². The predicted octanol–water partition coefficient (Wildman–Crippen LogP) is 2.02. The van der Waals surface area contributed by atoms with Gasteiger partial charge in [-0.15, -0.1) is 5.92 Å². The van der Waals surface area contributed by atoms with Crippen LogP contribution in [0.5, 0.6) is 0 Å². The summed E-state index contributed by atoms with van der Waals surface area (Å²) in [4.78, 5) is 0. The summed E-state index contributed by atoms with van der Waals surface area (Å²) < 4.78 is 0. The molecule has 0 saturated carbocycles. The molecule has 0 N–H and O–H groups in total. The van der Waals surface area contributed by atoms with E-state index in [9.17, 15) is 0 Å². The maximum atomic E-state index is 2.94. The highest BCUT2D eigenvalue weighted by molar-refractivity contribution is 5.20. The number of rotatable bonds is 0. The minimum Gasteiger partial charge on any atom is -0.106 e. The van der Waals surface area contributed by atoms with Crippen molar-refractivity contribution in [2.45, 2.75) is 27.2 Å². The Balaban J connectivity index is 3.46. The first kappa shape index (κ1) is 8.12. The molecule has 0 saturated heterocycles. The molecule has 0 heterocycles. The smallest absolute Gasteiger partial charge is 0.0702 e. The van der Waals surface area contributed by atoms with Crippen LogP contribution in [0.4, 0.5) is 0 Å². The van der Waals surface area contributed by atoms with Crippen molar-refractivity contribution >= 4 is 0 Å². The molecule has 0 amide bonds. The third kappa shape index (κ3) is 7.12. The molecule has 0 bridgehead atoms. The number of hydrogen-bond donors (Lipinski definition) is 0. The highest BCUT2D eigenvalue weighted by Gasteiger charge is 1.79. The zero-order valence-corrected chi connectivity index (χ0v) is 6.21. The summed E-state index contributed by atoms with van der Waals surface area (Å²) >= 11 is 0. The minimum atomic E-state index is 0.696. The van der Waals surface area contributed by atoms with E-state index in [1.807, 2.05) is 20.8 Å². The Morgan fingerprint density at radius 1 is 1.22 bits per heavy atom. The summed E-state index contributed by atoms with van der Waals surface area (Å²) in [6.45, 7) is 5.81. The molecule has 0 rings (SSSR count). The van der Waals surface area contributed by atoms with Gasteiger partial charge in [0, 0.05) is 5.92 Å². The lowest BCUT2D eigenvalue weighted by molar-refractivity contribution is 1.24. The van der Waals surface area contributed by atoms with Gasteiger partial charge in [0.1, 0.15) is 0 Å². The molecule has 9 heavy (non-hydrogen) atoms. The van der Waals surface area contributed by atoms with Gasteiger partial charge in [-0.2, -0.15) is 0 Å². The highest BCUT2D eigenvalue weighted by Crippen LogP contribution is 1.88. The van der Waals surface area contributed by atoms with E-state index in [0.29, 0.717) is 6.42 Å². The van der Waals surface area contributed by atoms with Gasteiger partial charge in [0.15, 0.2) is 0 Å². The lowest BCUT2D eigenvalue weighted by Crippen LogP contribution is -1.73. The van der Waals surface area contributed by atoms with Crippen LogP contribution < -0.4 is 0 Å². The van der Waals surface area contributed by atoms with Crippen molar-refractivity contribution in [2.24, 2.45) is 0 Å². The van der Waals surface area contributed by atoms with E-state index in [4.69, 9.17) is 0 Å². The predicted molar refractivity (Wildman–Crippen MR) is 40.4 cm³/mol. The average molecular weight is 119 g/mol. The van der Waals surface area contributed by atoms with Crippen molar-refractivity contribution in [1.82, 2.24) is 0 Å². The Kier molecular flexibility index (Phi) is 4.75. The monoisotopic (exact) mass is 119 g/mol. The van der Waals surface area contributed by atoms with Gasteiger partial charge in [-0.1, -0.05) is 17.8 Å². The normalized spacial score (nSPS) is 7.11. The summed E-state index contributed by atoms with van der Waals surface area (Å²) in [6.07, 6.45) is 0.696. The fourth-order valence-electron chi connectivity index (χ4n) is 0.354. The first-order valence-electron chi connectivity index (χ1n) is 2.96. The molecule has 0 atom stereocenters. The molecule has 0 heteroatoms. The topological polar surface area (TPSA) is 0 Å². The van der Waals surface area contributed by atoms with Gasteiger partial charge in [-0.05, 0) is 20.8 Å². The van der Waals surface area contributed by atoms with Crippen LogP contribution in [0.3, 0.4) is 0 Å². The van der Waals surface area contributed by atoms with Gasteiger partial charge in [0.2, 0.25) is 0 Å². The van der Waals surface area contributed by atoms with Crippen LogP contribution in [0.25, 0.3) is 0 Å². The van der Waals surface area contributed by atoms with Crippen molar-refractivity contribution < 1.29 is 0 Å². The van der Waals surface area contributed by atoms with Crippen molar-refractivity contribution in [3.63, 3.8) is 0 Å². The Morgan fingerprint density at radius 3 is 2.33 bits per heavy atom. The van der Waals surface area contributed by atoms with Crippen molar-refractivity contribution in [2.75, 3.05) is 0 Å². The Labute approximate surface area is 57.7 Å². The van der Waals surface area contributed by atoms with E-state index in [1.165, 1.54) is 0 Å². The minimum absolute atomic E-state index is 0.696. The lowest BCUT2D eigenvalue weighted by Gasteiger charge is -1.82. The van der Waals surface area contributed by atoms with Crippen molar-refractivity contribution in [1.29, 1.82) is 0 Å². The van der Waals surface area contributed by atoms with Crippen LogP contribution in [0.1, 0.15) is 27.2 Å². The third-order valence-electron chi connectivity index (χ3n) is 0.692. The van der Waals surface area contributed by atoms with Gasteiger partial charge >= 0.3 is 0 Å². The Hall–Kier alpha value is -0.880. The van der Waals surface area contributed by atoms with Crippen molar-refractivity contribution in [3.8, 4) is 23.7 Å². The summed E-state index contributed by atoms with van der Waals surface area (Å²) in [6, 6.07) is 0. The van der Waals surface area contributed by atoms with Gasteiger partial charge in [0.25, 0.3) is 0 Å². The van der Waals surface area contributed by atoms with Gasteiger partial charge in [-0.3, -0.25) is 0 Å². The average Bonchev–Trinajstić information content (AvgIpc) is 1.80. The maximum absolute atomic E-state index is 2.94. The zero-order valence-electron chi connectivity index (χ0n) is 6.21. The zero-order chi connectivity index (χ0) is 7.11. The summed E-state index contributed by atoms with van der Waals surface area (Å²) in [5.41, 5.74) is 0. The van der Waals surface area contributed by atoms with E-state index < -0.39 is 0 Å². The fraction of sp³-hybridized carbons (Fsp3) is 0.444. The third-order valence-corrected chi connectivity index (χ3v) is 0.692. The molecule has 47 valence electrons. The van der Waals surface area contributed by atoms with Crippen LogP contribution in [0.15, 0.2) is 0 Å². The molecular formula is C9H11. The standard InChI is InChI=1S/C9H11/c1-4-5-6-7-8-9(2)3/h6H2,1-3H3. The molecular weight excluding hydrogens is 108 g/mol. The van der Waals surface area contributed by atoms with Gasteiger partial charge in [0.05, 0.1) is 6.42 Å². The molecule has 0 nitrogen and oxygen atoms in total. The molecule has 0 aromatic carbocycles. The molecule has 0 spiro atoms. The lowest BCUT2D eigenvalue weighted by atomic mass is 10.2. The van der Waals surface area contributed by atoms with Crippen LogP contribution in [-0.2, 0) is 0 Å². The molecule has 0 aliphatic rings.